The molecule has 0 aromatic heterocycles. The molecule has 4 heteroatoms. The SMILES string of the molecule is Cc1ccc(N)cc1SCC(=O)N(C)C. The van der Waals surface area contributed by atoms with Crippen LogP contribution in [0.5, 0.6) is 0 Å². The summed E-state index contributed by atoms with van der Waals surface area (Å²) in [6.07, 6.45) is 0. The first-order chi connectivity index (χ1) is 7.00. The van der Waals surface area contributed by atoms with E-state index in [1.165, 1.54) is 11.8 Å². The number of hydrogen-bond donors (Lipinski definition) is 1. The zero-order valence-corrected chi connectivity index (χ0v) is 10.1. The van der Waals surface area contributed by atoms with Gasteiger partial charge in [-0.15, -0.1) is 11.8 Å². The Morgan fingerprint density at radius 2 is 2.13 bits per heavy atom. The first-order valence-corrected chi connectivity index (χ1v) is 5.68. The molecule has 82 valence electrons. The second kappa shape index (κ2) is 5.07. The molecule has 0 radical (unpaired) electrons. The molecule has 0 fully saturated rings. The smallest absolute Gasteiger partial charge is 0.232 e. The Morgan fingerprint density at radius 3 is 2.73 bits per heavy atom. The number of thioether (sulfide) groups is 1. The van der Waals surface area contributed by atoms with Crippen LogP contribution in [-0.4, -0.2) is 30.7 Å². The zero-order valence-electron chi connectivity index (χ0n) is 9.28. The first kappa shape index (κ1) is 11.9. The van der Waals surface area contributed by atoms with Crippen LogP contribution >= 0.6 is 11.8 Å². The van der Waals surface area contributed by atoms with E-state index < -0.39 is 0 Å². The maximum Gasteiger partial charge on any atom is 0.232 e. The molecule has 1 amide bonds. The summed E-state index contributed by atoms with van der Waals surface area (Å²) in [5.41, 5.74) is 7.57. The monoisotopic (exact) mass is 224 g/mol. The van der Waals surface area contributed by atoms with E-state index in [2.05, 4.69) is 0 Å². The van der Waals surface area contributed by atoms with Crippen LogP contribution in [0.2, 0.25) is 0 Å². The number of rotatable bonds is 3. The second-order valence-electron chi connectivity index (χ2n) is 3.60. The number of nitrogens with two attached hydrogens (primary N) is 1. The molecule has 3 nitrogen and oxygen atoms in total. The number of nitrogens with zero attached hydrogens (tertiary/aromatic N) is 1. The number of benzene rings is 1. The summed E-state index contributed by atoms with van der Waals surface area (Å²) in [6, 6.07) is 5.74. The molecule has 1 aromatic rings. The van der Waals surface area contributed by atoms with Crippen LogP contribution in [0, 0.1) is 6.92 Å². The fourth-order valence-corrected chi connectivity index (χ4v) is 2.09. The summed E-state index contributed by atoms with van der Waals surface area (Å²) in [5.74, 6) is 0.568. The maximum atomic E-state index is 11.4. The molecule has 0 bridgehead atoms. The quantitative estimate of drug-likeness (QED) is 0.628. The molecule has 2 N–H and O–H groups in total. The number of carbonyl (C=O) groups excluding carboxylic acids is 1. The Labute approximate surface area is 94.6 Å². The largest absolute Gasteiger partial charge is 0.399 e. The van der Waals surface area contributed by atoms with Gasteiger partial charge in [-0.2, -0.15) is 0 Å². The molecule has 0 aliphatic carbocycles. The molecule has 1 aromatic carbocycles. The third-order valence-corrected chi connectivity index (χ3v) is 3.20. The topological polar surface area (TPSA) is 46.3 Å². The minimum Gasteiger partial charge on any atom is -0.399 e. The van der Waals surface area contributed by atoms with Crippen molar-refractivity contribution in [2.45, 2.75) is 11.8 Å². The van der Waals surface area contributed by atoms with E-state index in [1.54, 1.807) is 19.0 Å². The molecule has 0 spiro atoms. The van der Waals surface area contributed by atoms with Crippen LogP contribution in [0.1, 0.15) is 5.56 Å². The van der Waals surface area contributed by atoms with Crippen molar-refractivity contribution in [1.82, 2.24) is 4.90 Å². The lowest BCUT2D eigenvalue weighted by atomic mass is 10.2. The Morgan fingerprint density at radius 1 is 1.47 bits per heavy atom. The average molecular weight is 224 g/mol. The summed E-state index contributed by atoms with van der Waals surface area (Å²) in [4.78, 5) is 14.1. The van der Waals surface area contributed by atoms with Gasteiger partial charge in [0, 0.05) is 24.7 Å². The fraction of sp³-hybridized carbons (Fsp3) is 0.364. The zero-order chi connectivity index (χ0) is 11.4. The van der Waals surface area contributed by atoms with E-state index in [1.807, 2.05) is 25.1 Å². The van der Waals surface area contributed by atoms with Gasteiger partial charge >= 0.3 is 0 Å². The number of aryl methyl sites for hydroxylation is 1. The van der Waals surface area contributed by atoms with Gasteiger partial charge < -0.3 is 10.6 Å². The van der Waals surface area contributed by atoms with Crippen molar-refractivity contribution >= 4 is 23.4 Å². The van der Waals surface area contributed by atoms with Crippen molar-refractivity contribution in [3.8, 4) is 0 Å². The molecule has 1 rings (SSSR count). The molecular weight excluding hydrogens is 208 g/mol. The molecule has 0 saturated heterocycles. The van der Waals surface area contributed by atoms with Gasteiger partial charge in [0.25, 0.3) is 0 Å². The van der Waals surface area contributed by atoms with Crippen molar-refractivity contribution in [3.63, 3.8) is 0 Å². The molecule has 0 aliphatic rings. The van der Waals surface area contributed by atoms with Gasteiger partial charge in [0.2, 0.25) is 5.91 Å². The predicted octanol–water partition coefficient (Wildman–Crippen LogP) is 1.76. The van der Waals surface area contributed by atoms with E-state index >= 15 is 0 Å². The van der Waals surface area contributed by atoms with Gasteiger partial charge in [0.15, 0.2) is 0 Å². The molecule has 15 heavy (non-hydrogen) atoms. The standard InChI is InChI=1S/C11H16N2OS/c1-8-4-5-9(12)6-10(8)15-7-11(14)13(2)3/h4-6H,7,12H2,1-3H3. The highest BCUT2D eigenvalue weighted by molar-refractivity contribution is 8.00. The summed E-state index contributed by atoms with van der Waals surface area (Å²) >= 11 is 1.53. The lowest BCUT2D eigenvalue weighted by molar-refractivity contribution is -0.125. The number of amides is 1. The van der Waals surface area contributed by atoms with Crippen molar-refractivity contribution in [3.05, 3.63) is 23.8 Å². The van der Waals surface area contributed by atoms with E-state index in [0.717, 1.165) is 16.1 Å². The minimum atomic E-state index is 0.113. The van der Waals surface area contributed by atoms with Crippen LogP contribution in [0.4, 0.5) is 5.69 Å². The van der Waals surface area contributed by atoms with Gasteiger partial charge in [0.1, 0.15) is 0 Å². The second-order valence-corrected chi connectivity index (χ2v) is 4.62. The van der Waals surface area contributed by atoms with Crippen molar-refractivity contribution < 1.29 is 4.79 Å². The highest BCUT2D eigenvalue weighted by Gasteiger charge is 2.06. The lowest BCUT2D eigenvalue weighted by Crippen LogP contribution is -2.23. The predicted molar refractivity (Wildman–Crippen MR) is 65.0 cm³/mol. The highest BCUT2D eigenvalue weighted by atomic mass is 32.2. The number of carbonyl (C=O) groups is 1. The summed E-state index contributed by atoms with van der Waals surface area (Å²) < 4.78 is 0. The third kappa shape index (κ3) is 3.47. The van der Waals surface area contributed by atoms with Crippen molar-refractivity contribution in [2.75, 3.05) is 25.6 Å². The number of nitrogen functional groups attached to an aromatic ring is 1. The highest BCUT2D eigenvalue weighted by Crippen LogP contribution is 2.24. The number of hydrogen-bond acceptors (Lipinski definition) is 3. The van der Waals surface area contributed by atoms with Gasteiger partial charge in [0.05, 0.1) is 5.75 Å². The molecule has 0 aliphatic heterocycles. The first-order valence-electron chi connectivity index (χ1n) is 4.70. The van der Waals surface area contributed by atoms with Crippen LogP contribution in [-0.2, 0) is 4.79 Å². The maximum absolute atomic E-state index is 11.4. The summed E-state index contributed by atoms with van der Waals surface area (Å²) in [6.45, 7) is 2.02. The van der Waals surface area contributed by atoms with Crippen LogP contribution in [0.15, 0.2) is 23.1 Å². The average Bonchev–Trinajstić information content (AvgIpc) is 2.18. The van der Waals surface area contributed by atoms with E-state index in [0.29, 0.717) is 5.75 Å². The molecular formula is C11H16N2OS. The Kier molecular flexibility index (Phi) is 4.03. The van der Waals surface area contributed by atoms with Crippen LogP contribution in [0.25, 0.3) is 0 Å². The summed E-state index contributed by atoms with van der Waals surface area (Å²) in [7, 11) is 3.52. The van der Waals surface area contributed by atoms with Gasteiger partial charge in [-0.05, 0) is 24.6 Å². The molecule has 0 heterocycles. The molecule has 0 unspecified atom stereocenters. The molecule has 0 atom stereocenters. The van der Waals surface area contributed by atoms with E-state index in [4.69, 9.17) is 5.73 Å². The lowest BCUT2D eigenvalue weighted by Gasteiger charge is -2.10. The van der Waals surface area contributed by atoms with E-state index in [-0.39, 0.29) is 5.91 Å². The van der Waals surface area contributed by atoms with Gasteiger partial charge in [-0.1, -0.05) is 6.07 Å². The third-order valence-electron chi connectivity index (χ3n) is 2.06. The van der Waals surface area contributed by atoms with Crippen LogP contribution < -0.4 is 5.73 Å². The van der Waals surface area contributed by atoms with E-state index in [9.17, 15) is 4.79 Å². The normalized spacial score (nSPS) is 10.1. The van der Waals surface area contributed by atoms with Gasteiger partial charge in [-0.3, -0.25) is 4.79 Å². The Hall–Kier alpha value is -1.16. The number of anilines is 1. The van der Waals surface area contributed by atoms with Crippen LogP contribution in [0.3, 0.4) is 0 Å². The Balaban J connectivity index is 2.65. The molecule has 0 saturated carbocycles. The Bertz CT molecular complexity index is 364. The van der Waals surface area contributed by atoms with Gasteiger partial charge in [-0.25, -0.2) is 0 Å². The fourth-order valence-electron chi connectivity index (χ4n) is 1.04. The minimum absolute atomic E-state index is 0.113. The van der Waals surface area contributed by atoms with Crippen molar-refractivity contribution in [1.29, 1.82) is 0 Å². The van der Waals surface area contributed by atoms with Crippen molar-refractivity contribution in [2.24, 2.45) is 0 Å². The summed E-state index contributed by atoms with van der Waals surface area (Å²) in [5, 5.41) is 0.